The first-order valence-corrected chi connectivity index (χ1v) is 9.94. The Morgan fingerprint density at radius 3 is 2.06 bits per heavy atom. The van der Waals surface area contributed by atoms with Gasteiger partial charge in [-0.3, -0.25) is 4.79 Å². The van der Waals surface area contributed by atoms with Crippen LogP contribution in [0.5, 0.6) is 0 Å². The van der Waals surface area contributed by atoms with Gasteiger partial charge in [0, 0.05) is 11.3 Å². The fraction of sp³-hybridized carbons (Fsp3) is 0.0476. The Bertz CT molecular complexity index is 1270. The van der Waals surface area contributed by atoms with Crippen molar-refractivity contribution in [3.05, 3.63) is 70.0 Å². The van der Waals surface area contributed by atoms with Crippen LogP contribution in [0.25, 0.3) is 22.3 Å². The molecule has 0 saturated carbocycles. The number of hydrazine groups is 1. The van der Waals surface area contributed by atoms with Crippen LogP contribution in [0.2, 0.25) is 0 Å². The quantitative estimate of drug-likeness (QED) is 0.101. The third-order valence-electron chi connectivity index (χ3n) is 4.50. The van der Waals surface area contributed by atoms with E-state index in [9.17, 15) is 15.3 Å². The Morgan fingerprint density at radius 2 is 1.55 bits per heavy atom. The molecule has 0 aliphatic carbocycles. The molecule has 10 heteroatoms. The first-order chi connectivity index (χ1) is 15.0. The molecule has 0 aliphatic heterocycles. The van der Waals surface area contributed by atoms with Crippen LogP contribution in [0, 0.1) is 22.7 Å². The van der Waals surface area contributed by atoms with Crippen molar-refractivity contribution in [3.63, 3.8) is 0 Å². The Morgan fingerprint density at radius 1 is 1.00 bits per heavy atom. The number of nitrogens with one attached hydrogen (secondary N) is 2. The van der Waals surface area contributed by atoms with Gasteiger partial charge < -0.3 is 22.0 Å². The van der Waals surface area contributed by atoms with E-state index >= 15 is 0 Å². The van der Waals surface area contributed by atoms with E-state index < -0.39 is 5.56 Å². The van der Waals surface area contributed by atoms with Crippen molar-refractivity contribution in [3.8, 4) is 34.4 Å². The molecule has 0 fully saturated rings. The maximum absolute atomic E-state index is 12.5. The second kappa shape index (κ2) is 9.50. The van der Waals surface area contributed by atoms with Gasteiger partial charge in [0.25, 0.3) is 5.56 Å². The largest absolute Gasteiger partial charge is 0.399 e. The summed E-state index contributed by atoms with van der Waals surface area (Å²) in [6.07, 6.45) is 0. The summed E-state index contributed by atoms with van der Waals surface area (Å²) in [5.41, 5.74) is 10.9. The number of nitrogen functional groups attached to an aromatic ring is 1. The molecule has 0 bridgehead atoms. The van der Waals surface area contributed by atoms with Crippen molar-refractivity contribution in [1.29, 1.82) is 10.5 Å². The molecule has 154 valence electrons. The Labute approximate surface area is 182 Å². The number of hydrazone groups is 1. The number of benzene rings is 2. The number of nitrogens with two attached hydrogens (primary N) is 3. The highest BCUT2D eigenvalue weighted by atomic mass is 32.2. The SMILES string of the molecule is N#Cc1c(SC/C(=N/N)NN)[nH]c(=O)c(C#N)c1-c1ccc(-c2ccc(N)cc2)cc1. The number of nitriles is 2. The Balaban J connectivity index is 2.09. The molecule has 1 heterocycles. The van der Waals surface area contributed by atoms with Crippen LogP contribution >= 0.6 is 11.8 Å². The van der Waals surface area contributed by atoms with Gasteiger partial charge in [0.05, 0.1) is 16.3 Å². The summed E-state index contributed by atoms with van der Waals surface area (Å²) >= 11 is 1.12. The van der Waals surface area contributed by atoms with Crippen LogP contribution in [0.4, 0.5) is 5.69 Å². The van der Waals surface area contributed by atoms with E-state index in [2.05, 4.69) is 21.6 Å². The predicted octanol–water partition coefficient (Wildman–Crippen LogP) is 1.86. The van der Waals surface area contributed by atoms with Crippen molar-refractivity contribution in [2.45, 2.75) is 5.03 Å². The lowest BCUT2D eigenvalue weighted by atomic mass is 9.95. The fourth-order valence-corrected chi connectivity index (χ4v) is 3.85. The summed E-state index contributed by atoms with van der Waals surface area (Å²) in [4.78, 5) is 15.1. The number of amidine groups is 1. The number of thioether (sulfide) groups is 1. The minimum Gasteiger partial charge on any atom is -0.399 e. The normalized spacial score (nSPS) is 10.9. The van der Waals surface area contributed by atoms with Crippen molar-refractivity contribution in [2.24, 2.45) is 16.8 Å². The third kappa shape index (κ3) is 4.51. The van der Waals surface area contributed by atoms with Crippen molar-refractivity contribution in [2.75, 3.05) is 11.5 Å². The fourth-order valence-electron chi connectivity index (χ4n) is 2.95. The van der Waals surface area contributed by atoms with Gasteiger partial charge in [-0.15, -0.1) is 0 Å². The van der Waals surface area contributed by atoms with Crippen molar-refractivity contribution >= 4 is 23.3 Å². The van der Waals surface area contributed by atoms with Crippen molar-refractivity contribution < 1.29 is 0 Å². The number of H-pyrrole nitrogens is 1. The molecule has 0 atom stereocenters. The molecule has 0 unspecified atom stereocenters. The maximum Gasteiger partial charge on any atom is 0.267 e. The second-order valence-electron chi connectivity index (χ2n) is 6.34. The zero-order valence-corrected chi connectivity index (χ0v) is 17.0. The first kappa shape index (κ1) is 21.5. The van der Waals surface area contributed by atoms with E-state index in [4.69, 9.17) is 17.4 Å². The molecule has 1 aromatic heterocycles. The average Bonchev–Trinajstić information content (AvgIpc) is 2.80. The molecule has 2 aromatic carbocycles. The van der Waals surface area contributed by atoms with Crippen molar-refractivity contribution in [1.82, 2.24) is 10.4 Å². The summed E-state index contributed by atoms with van der Waals surface area (Å²) in [5, 5.41) is 23.1. The Hall–Kier alpha value is -4.25. The number of hydrogen-bond donors (Lipinski definition) is 5. The number of aromatic nitrogens is 1. The molecule has 3 aromatic rings. The predicted molar refractivity (Wildman–Crippen MR) is 121 cm³/mol. The molecule has 0 amide bonds. The first-order valence-electron chi connectivity index (χ1n) is 8.95. The van der Waals surface area contributed by atoms with Gasteiger partial charge in [0.15, 0.2) is 0 Å². The number of hydrogen-bond acceptors (Lipinski definition) is 8. The zero-order valence-electron chi connectivity index (χ0n) is 16.2. The highest BCUT2D eigenvalue weighted by Crippen LogP contribution is 2.32. The smallest absolute Gasteiger partial charge is 0.267 e. The molecule has 0 radical (unpaired) electrons. The van der Waals surface area contributed by atoms with Gasteiger partial charge in [-0.25, -0.2) is 5.84 Å². The van der Waals surface area contributed by atoms with Crippen LogP contribution in [0.1, 0.15) is 11.1 Å². The number of pyridine rings is 1. The minimum atomic E-state index is -0.589. The highest BCUT2D eigenvalue weighted by molar-refractivity contribution is 8.00. The lowest BCUT2D eigenvalue weighted by Gasteiger charge is -2.12. The lowest BCUT2D eigenvalue weighted by molar-refractivity contribution is 0.995. The molecule has 3 rings (SSSR count). The van der Waals surface area contributed by atoms with E-state index in [0.29, 0.717) is 16.3 Å². The molecule has 0 aliphatic rings. The molecular weight excluding hydrogens is 412 g/mol. The van der Waals surface area contributed by atoms with Crippen LogP contribution in [0.3, 0.4) is 0 Å². The molecule has 0 saturated heterocycles. The van der Waals surface area contributed by atoms with Crippen LogP contribution in [-0.4, -0.2) is 16.6 Å². The summed E-state index contributed by atoms with van der Waals surface area (Å²) in [5.74, 6) is 11.0. The monoisotopic (exact) mass is 430 g/mol. The maximum atomic E-state index is 12.5. The summed E-state index contributed by atoms with van der Waals surface area (Å²) in [7, 11) is 0. The number of rotatable bonds is 5. The Kier molecular flexibility index (Phi) is 6.58. The van der Waals surface area contributed by atoms with E-state index in [1.165, 1.54) is 0 Å². The van der Waals surface area contributed by atoms with Gasteiger partial charge in [0.2, 0.25) is 0 Å². The number of aromatic amines is 1. The molecule has 0 spiro atoms. The van der Waals surface area contributed by atoms with Gasteiger partial charge in [0.1, 0.15) is 23.5 Å². The van der Waals surface area contributed by atoms with Gasteiger partial charge in [-0.2, -0.15) is 15.6 Å². The topological polar surface area (TPSA) is 183 Å². The van der Waals surface area contributed by atoms with Gasteiger partial charge in [-0.1, -0.05) is 48.2 Å². The van der Waals surface area contributed by atoms with Crippen LogP contribution in [0.15, 0.2) is 63.5 Å². The van der Waals surface area contributed by atoms with E-state index in [1.807, 2.05) is 30.3 Å². The lowest BCUT2D eigenvalue weighted by Crippen LogP contribution is -2.33. The summed E-state index contributed by atoms with van der Waals surface area (Å²) in [6.45, 7) is 0. The number of anilines is 1. The zero-order chi connectivity index (χ0) is 22.4. The molecule has 9 nitrogen and oxygen atoms in total. The van der Waals surface area contributed by atoms with E-state index in [1.54, 1.807) is 24.3 Å². The summed E-state index contributed by atoms with van der Waals surface area (Å²) in [6, 6.07) is 18.7. The average molecular weight is 430 g/mol. The van der Waals surface area contributed by atoms with E-state index in [-0.39, 0.29) is 28.3 Å². The molecule has 8 N–H and O–H groups in total. The highest BCUT2D eigenvalue weighted by Gasteiger charge is 2.20. The standard InChI is InChI=1S/C21H18N8OS/c22-9-16-19(14-3-1-12(2-4-14)13-5-7-15(24)8-6-13)17(10-23)21(27-20(16)30)31-11-18(28-25)29-26/h1-8H,11,24-26H2,(H,27,30)(H,28,29). The molecular formula is C21H18N8OS. The van der Waals surface area contributed by atoms with Gasteiger partial charge in [-0.05, 0) is 28.8 Å². The number of nitrogens with zero attached hydrogens (tertiary/aromatic N) is 3. The van der Waals surface area contributed by atoms with Crippen LogP contribution < -0.4 is 28.4 Å². The van der Waals surface area contributed by atoms with E-state index in [0.717, 1.165) is 22.9 Å². The second-order valence-corrected chi connectivity index (χ2v) is 7.33. The minimum absolute atomic E-state index is 0.134. The third-order valence-corrected chi connectivity index (χ3v) is 5.51. The van der Waals surface area contributed by atoms with Crippen LogP contribution in [-0.2, 0) is 0 Å². The van der Waals surface area contributed by atoms with Gasteiger partial charge >= 0.3 is 0 Å². The summed E-state index contributed by atoms with van der Waals surface area (Å²) < 4.78 is 0. The molecule has 31 heavy (non-hydrogen) atoms.